The molecule has 1 fully saturated rings. The van der Waals surface area contributed by atoms with E-state index < -0.39 is 0 Å². The summed E-state index contributed by atoms with van der Waals surface area (Å²) in [5.41, 5.74) is 1.94. The number of rotatable bonds is 6. The van der Waals surface area contributed by atoms with Gasteiger partial charge in [0.05, 0.1) is 18.8 Å². The van der Waals surface area contributed by atoms with E-state index in [0.717, 1.165) is 49.6 Å². The molecule has 0 atom stereocenters. The number of hydrogen-bond acceptors (Lipinski definition) is 7. The summed E-state index contributed by atoms with van der Waals surface area (Å²) < 4.78 is 11.0. The molecule has 0 bridgehead atoms. The minimum Gasteiger partial charge on any atom is -0.477 e. The van der Waals surface area contributed by atoms with Crippen molar-refractivity contribution in [2.75, 3.05) is 19.7 Å². The highest BCUT2D eigenvalue weighted by Crippen LogP contribution is 2.22. The van der Waals surface area contributed by atoms with Crippen molar-refractivity contribution in [3.8, 4) is 17.1 Å². The van der Waals surface area contributed by atoms with Gasteiger partial charge in [0.2, 0.25) is 11.8 Å². The van der Waals surface area contributed by atoms with Gasteiger partial charge in [-0.3, -0.25) is 4.90 Å². The van der Waals surface area contributed by atoms with Crippen molar-refractivity contribution in [1.82, 2.24) is 25.0 Å². The van der Waals surface area contributed by atoms with Crippen LogP contribution in [0.2, 0.25) is 0 Å². The molecule has 1 aromatic carbocycles. The first-order valence-corrected chi connectivity index (χ1v) is 9.28. The Labute approximate surface area is 158 Å². The Hall–Kier alpha value is -2.80. The van der Waals surface area contributed by atoms with Crippen LogP contribution < -0.4 is 4.74 Å². The van der Waals surface area contributed by atoms with Crippen molar-refractivity contribution < 1.29 is 9.26 Å². The first-order chi connectivity index (χ1) is 13.3. The molecule has 7 nitrogen and oxygen atoms in total. The van der Waals surface area contributed by atoms with Crippen LogP contribution in [0.5, 0.6) is 5.88 Å². The molecule has 3 heterocycles. The van der Waals surface area contributed by atoms with Gasteiger partial charge in [-0.05, 0) is 31.8 Å². The molecule has 0 saturated carbocycles. The molecule has 0 aliphatic carbocycles. The van der Waals surface area contributed by atoms with Crippen molar-refractivity contribution in [3.05, 3.63) is 54.4 Å². The Balaban J connectivity index is 1.26. The lowest BCUT2D eigenvalue weighted by molar-refractivity contribution is 0.132. The van der Waals surface area contributed by atoms with Gasteiger partial charge in [0.1, 0.15) is 6.33 Å². The Morgan fingerprint density at radius 3 is 2.70 bits per heavy atom. The number of piperidine rings is 1. The Kier molecular flexibility index (Phi) is 5.39. The summed E-state index contributed by atoms with van der Waals surface area (Å²) >= 11 is 0. The third kappa shape index (κ3) is 4.68. The molecule has 4 rings (SSSR count). The van der Waals surface area contributed by atoms with Gasteiger partial charge in [0.15, 0.2) is 5.82 Å². The molecule has 0 N–H and O–H groups in total. The maximum absolute atomic E-state index is 5.96. The molecule has 0 unspecified atom stereocenters. The smallest absolute Gasteiger partial charge is 0.223 e. The van der Waals surface area contributed by atoms with E-state index in [0.29, 0.717) is 24.3 Å². The second-order valence-corrected chi connectivity index (χ2v) is 6.87. The lowest BCUT2D eigenvalue weighted by atomic mass is 9.98. The van der Waals surface area contributed by atoms with Crippen molar-refractivity contribution >= 4 is 0 Å². The molecule has 2 aromatic heterocycles. The van der Waals surface area contributed by atoms with E-state index in [4.69, 9.17) is 9.26 Å². The summed E-state index contributed by atoms with van der Waals surface area (Å²) in [7, 11) is 0. The molecule has 140 valence electrons. The van der Waals surface area contributed by atoms with Crippen molar-refractivity contribution in [1.29, 1.82) is 0 Å². The summed E-state index contributed by atoms with van der Waals surface area (Å²) in [5, 5.41) is 3.97. The van der Waals surface area contributed by atoms with Crippen molar-refractivity contribution in [2.24, 2.45) is 5.92 Å². The van der Waals surface area contributed by atoms with Crippen LogP contribution in [-0.4, -0.2) is 44.7 Å². The van der Waals surface area contributed by atoms with E-state index in [-0.39, 0.29) is 0 Å². The lowest BCUT2D eigenvalue weighted by Gasteiger charge is -2.30. The van der Waals surface area contributed by atoms with Gasteiger partial charge < -0.3 is 9.26 Å². The van der Waals surface area contributed by atoms with E-state index in [1.807, 2.05) is 43.3 Å². The first-order valence-electron chi connectivity index (χ1n) is 9.28. The Morgan fingerprint density at radius 2 is 1.96 bits per heavy atom. The third-order valence-corrected chi connectivity index (χ3v) is 4.82. The highest BCUT2D eigenvalue weighted by molar-refractivity contribution is 5.59. The number of benzene rings is 1. The van der Waals surface area contributed by atoms with Gasteiger partial charge in [-0.1, -0.05) is 35.5 Å². The van der Waals surface area contributed by atoms with Gasteiger partial charge in [0.25, 0.3) is 0 Å². The summed E-state index contributed by atoms with van der Waals surface area (Å²) in [6.07, 6.45) is 3.74. The average Bonchev–Trinajstić information content (AvgIpc) is 3.13. The molecule has 7 heteroatoms. The zero-order valence-electron chi connectivity index (χ0n) is 15.4. The van der Waals surface area contributed by atoms with E-state index in [1.165, 1.54) is 0 Å². The standard InChI is InChI=1S/C20H23N5O2/c1-15-23-19(24-27-15)12-25-9-7-16(8-10-25)13-26-20-11-18(21-14-22-20)17-5-3-2-4-6-17/h2-6,11,14,16H,7-10,12-13H2,1H3. The van der Waals surface area contributed by atoms with Crippen LogP contribution >= 0.6 is 0 Å². The van der Waals surface area contributed by atoms with Gasteiger partial charge in [-0.2, -0.15) is 4.98 Å². The summed E-state index contributed by atoms with van der Waals surface area (Å²) in [6.45, 7) is 5.27. The molecule has 0 amide bonds. The number of ether oxygens (including phenoxy) is 1. The first kappa shape index (κ1) is 17.6. The molecule has 27 heavy (non-hydrogen) atoms. The van der Waals surface area contributed by atoms with E-state index in [9.17, 15) is 0 Å². The fourth-order valence-electron chi connectivity index (χ4n) is 3.31. The van der Waals surface area contributed by atoms with Gasteiger partial charge in [-0.15, -0.1) is 0 Å². The summed E-state index contributed by atoms with van der Waals surface area (Å²) in [5.74, 6) is 2.54. The predicted molar refractivity (Wildman–Crippen MR) is 100.0 cm³/mol. The van der Waals surface area contributed by atoms with Crippen LogP contribution in [0.1, 0.15) is 24.6 Å². The average molecular weight is 365 g/mol. The zero-order valence-corrected chi connectivity index (χ0v) is 15.4. The number of aromatic nitrogens is 4. The largest absolute Gasteiger partial charge is 0.477 e. The van der Waals surface area contributed by atoms with Crippen LogP contribution in [0.15, 0.2) is 47.2 Å². The highest BCUT2D eigenvalue weighted by Gasteiger charge is 2.21. The fourth-order valence-corrected chi connectivity index (χ4v) is 3.31. The monoisotopic (exact) mass is 365 g/mol. The number of aryl methyl sites for hydroxylation is 1. The second-order valence-electron chi connectivity index (χ2n) is 6.87. The summed E-state index contributed by atoms with van der Waals surface area (Å²) in [4.78, 5) is 15.2. The van der Waals surface area contributed by atoms with Crippen LogP contribution in [0.25, 0.3) is 11.3 Å². The molecule has 1 aliphatic rings. The van der Waals surface area contributed by atoms with Crippen LogP contribution in [-0.2, 0) is 6.54 Å². The number of nitrogens with zero attached hydrogens (tertiary/aromatic N) is 5. The van der Waals surface area contributed by atoms with E-state index >= 15 is 0 Å². The second kappa shape index (κ2) is 8.26. The molecule has 1 aliphatic heterocycles. The maximum Gasteiger partial charge on any atom is 0.223 e. The van der Waals surface area contributed by atoms with Gasteiger partial charge in [0, 0.05) is 18.6 Å². The number of likely N-dealkylation sites (tertiary alicyclic amines) is 1. The number of hydrogen-bond donors (Lipinski definition) is 0. The normalized spacial score (nSPS) is 15.7. The van der Waals surface area contributed by atoms with Crippen LogP contribution in [0.4, 0.5) is 0 Å². The Morgan fingerprint density at radius 1 is 1.15 bits per heavy atom. The maximum atomic E-state index is 5.96. The molecular formula is C20H23N5O2. The fraction of sp³-hybridized carbons (Fsp3) is 0.400. The quantitative estimate of drug-likeness (QED) is 0.664. The predicted octanol–water partition coefficient (Wildman–Crippen LogP) is 3.13. The van der Waals surface area contributed by atoms with E-state index in [1.54, 1.807) is 6.33 Å². The van der Waals surface area contributed by atoms with Gasteiger partial charge in [-0.25, -0.2) is 9.97 Å². The van der Waals surface area contributed by atoms with Crippen LogP contribution in [0.3, 0.4) is 0 Å². The Bertz CT molecular complexity index is 860. The molecule has 3 aromatic rings. The molecule has 1 saturated heterocycles. The van der Waals surface area contributed by atoms with Gasteiger partial charge >= 0.3 is 0 Å². The minimum atomic E-state index is 0.531. The molecule has 0 radical (unpaired) electrons. The zero-order chi connectivity index (χ0) is 18.5. The van der Waals surface area contributed by atoms with Crippen molar-refractivity contribution in [2.45, 2.75) is 26.3 Å². The molecular weight excluding hydrogens is 342 g/mol. The highest BCUT2D eigenvalue weighted by atomic mass is 16.5. The summed E-state index contributed by atoms with van der Waals surface area (Å²) in [6, 6.07) is 12.0. The SMILES string of the molecule is Cc1nc(CN2CCC(COc3cc(-c4ccccc4)ncn3)CC2)no1. The minimum absolute atomic E-state index is 0.531. The van der Waals surface area contributed by atoms with Crippen LogP contribution in [0, 0.1) is 12.8 Å². The molecule has 0 spiro atoms. The third-order valence-electron chi connectivity index (χ3n) is 4.82. The van der Waals surface area contributed by atoms with E-state index in [2.05, 4.69) is 25.0 Å². The topological polar surface area (TPSA) is 77.2 Å². The lowest BCUT2D eigenvalue weighted by Crippen LogP contribution is -2.35. The van der Waals surface area contributed by atoms with Crippen molar-refractivity contribution in [3.63, 3.8) is 0 Å².